The van der Waals surface area contributed by atoms with Gasteiger partial charge in [-0.3, -0.25) is 14.5 Å². The molecule has 1 amide bonds. The Morgan fingerprint density at radius 1 is 1.16 bits per heavy atom. The summed E-state index contributed by atoms with van der Waals surface area (Å²) in [5.41, 5.74) is 7.66. The van der Waals surface area contributed by atoms with Gasteiger partial charge in [0.1, 0.15) is 24.0 Å². The number of hydrogen-bond donors (Lipinski definition) is 1. The number of carbonyl (C=O) groups is 2. The molecule has 1 aliphatic rings. The molecule has 0 saturated carbocycles. The van der Waals surface area contributed by atoms with E-state index in [1.807, 2.05) is 24.3 Å². The summed E-state index contributed by atoms with van der Waals surface area (Å²) in [5, 5.41) is 0. The maximum Gasteiger partial charge on any atom is 0.320 e. The highest BCUT2D eigenvalue weighted by atomic mass is 16.5. The van der Waals surface area contributed by atoms with Crippen LogP contribution in [0.3, 0.4) is 0 Å². The van der Waals surface area contributed by atoms with Crippen LogP contribution in [0, 0.1) is 0 Å². The number of esters is 1. The number of carbonyl (C=O) groups excluding carboxylic acids is 2. The first-order valence-corrected chi connectivity index (χ1v) is 10.4. The number of aromatic nitrogens is 2. The van der Waals surface area contributed by atoms with Crippen molar-refractivity contribution in [3.63, 3.8) is 0 Å². The van der Waals surface area contributed by atoms with E-state index in [1.165, 1.54) is 7.11 Å². The van der Waals surface area contributed by atoms with Gasteiger partial charge in [0.05, 0.1) is 26.7 Å². The van der Waals surface area contributed by atoms with Crippen molar-refractivity contribution in [2.24, 2.45) is 0 Å². The number of amides is 1. The van der Waals surface area contributed by atoms with Crippen LogP contribution in [-0.2, 0) is 27.2 Å². The minimum atomic E-state index is -0.237. The summed E-state index contributed by atoms with van der Waals surface area (Å²) in [6.45, 7) is 3.20. The fourth-order valence-corrected chi connectivity index (χ4v) is 3.18. The second-order valence-electron chi connectivity index (χ2n) is 7.19. The average Bonchev–Trinajstić information content (AvgIpc) is 3.09. The summed E-state index contributed by atoms with van der Waals surface area (Å²) >= 11 is 0. The number of aryl methyl sites for hydroxylation is 1. The smallest absolute Gasteiger partial charge is 0.320 e. The molecule has 0 fully saturated rings. The van der Waals surface area contributed by atoms with E-state index >= 15 is 0 Å². The van der Waals surface area contributed by atoms with Crippen LogP contribution in [0.4, 0.5) is 11.6 Å². The van der Waals surface area contributed by atoms with Crippen molar-refractivity contribution in [2.45, 2.75) is 39.0 Å². The Kier molecular flexibility index (Phi) is 7.64. The molecule has 2 N–H and O–H groups in total. The number of anilines is 2. The van der Waals surface area contributed by atoms with Crippen molar-refractivity contribution in [1.82, 2.24) is 9.97 Å². The number of ether oxygens (including phenoxy) is 3. The lowest BCUT2D eigenvalue weighted by Crippen LogP contribution is -2.31. The molecule has 31 heavy (non-hydrogen) atoms. The van der Waals surface area contributed by atoms with E-state index in [-0.39, 0.29) is 30.1 Å². The highest BCUT2D eigenvalue weighted by molar-refractivity contribution is 6.01. The lowest BCUT2D eigenvalue weighted by atomic mass is 10.1. The molecule has 0 bridgehead atoms. The largest absolute Gasteiger partial charge is 0.492 e. The van der Waals surface area contributed by atoms with Gasteiger partial charge in [-0.2, -0.15) is 9.97 Å². The molecule has 2 aromatic rings. The van der Waals surface area contributed by atoms with E-state index < -0.39 is 0 Å². The Bertz CT molecular complexity index is 917. The molecule has 2 heterocycles. The second-order valence-corrected chi connectivity index (χ2v) is 7.19. The molecule has 1 aromatic carbocycles. The van der Waals surface area contributed by atoms with E-state index in [0.717, 1.165) is 18.4 Å². The van der Waals surface area contributed by atoms with Crippen LogP contribution in [0.2, 0.25) is 0 Å². The quantitative estimate of drug-likeness (QED) is 0.428. The predicted molar refractivity (Wildman–Crippen MR) is 115 cm³/mol. The SMILES string of the molecule is CCCCOc1nc(N)c2c(n1)N(CCOc1ccc(CCC(=O)OC)cc1)C(=O)C2. The number of benzene rings is 1. The first-order chi connectivity index (χ1) is 15.0. The first-order valence-electron chi connectivity index (χ1n) is 10.4. The Morgan fingerprint density at radius 2 is 1.94 bits per heavy atom. The molecule has 0 saturated heterocycles. The number of nitrogens with two attached hydrogens (primary N) is 1. The van der Waals surface area contributed by atoms with Gasteiger partial charge < -0.3 is 19.9 Å². The van der Waals surface area contributed by atoms with Crippen LogP contribution in [0.15, 0.2) is 24.3 Å². The van der Waals surface area contributed by atoms with Crippen molar-refractivity contribution < 1.29 is 23.8 Å². The zero-order valence-corrected chi connectivity index (χ0v) is 17.9. The van der Waals surface area contributed by atoms with E-state index in [9.17, 15) is 9.59 Å². The van der Waals surface area contributed by atoms with Crippen LogP contribution in [-0.4, -0.2) is 48.7 Å². The van der Waals surface area contributed by atoms with Crippen molar-refractivity contribution in [1.29, 1.82) is 0 Å². The van der Waals surface area contributed by atoms with Gasteiger partial charge in [0.25, 0.3) is 0 Å². The van der Waals surface area contributed by atoms with Crippen molar-refractivity contribution in [3.05, 3.63) is 35.4 Å². The summed E-state index contributed by atoms with van der Waals surface area (Å²) in [6.07, 6.45) is 3.00. The zero-order valence-electron chi connectivity index (χ0n) is 17.9. The zero-order chi connectivity index (χ0) is 22.2. The average molecular weight is 428 g/mol. The molecule has 1 aliphatic heterocycles. The van der Waals surface area contributed by atoms with Crippen molar-refractivity contribution >= 4 is 23.5 Å². The highest BCUT2D eigenvalue weighted by Gasteiger charge is 2.32. The molecule has 9 heteroatoms. The van der Waals surface area contributed by atoms with E-state index in [4.69, 9.17) is 15.2 Å². The van der Waals surface area contributed by atoms with Gasteiger partial charge in [0.15, 0.2) is 0 Å². The molecule has 0 atom stereocenters. The molecule has 0 unspecified atom stereocenters. The van der Waals surface area contributed by atoms with Gasteiger partial charge in [-0.05, 0) is 30.5 Å². The van der Waals surface area contributed by atoms with E-state index in [2.05, 4.69) is 21.6 Å². The second kappa shape index (κ2) is 10.6. The maximum atomic E-state index is 12.5. The monoisotopic (exact) mass is 428 g/mol. The standard InChI is InChI=1S/C22H28N4O5/c1-3-4-12-31-22-24-20(23)17-14-18(27)26(21(17)25-22)11-13-30-16-8-5-15(6-9-16)7-10-19(28)29-2/h5-6,8-9H,3-4,7,10-14H2,1-2H3,(H2,23,24,25). The summed E-state index contributed by atoms with van der Waals surface area (Å²) < 4.78 is 16.0. The number of methoxy groups -OCH3 is 1. The van der Waals surface area contributed by atoms with Crippen molar-refractivity contribution in [3.8, 4) is 11.8 Å². The summed E-state index contributed by atoms with van der Waals surface area (Å²) in [7, 11) is 1.38. The van der Waals surface area contributed by atoms with E-state index in [0.29, 0.717) is 49.7 Å². The first kappa shape index (κ1) is 22.3. The molecular weight excluding hydrogens is 400 g/mol. The topological polar surface area (TPSA) is 117 Å². The number of hydrogen-bond acceptors (Lipinski definition) is 8. The maximum absolute atomic E-state index is 12.5. The molecular formula is C22H28N4O5. The fourth-order valence-electron chi connectivity index (χ4n) is 3.18. The normalized spacial score (nSPS) is 12.6. The van der Waals surface area contributed by atoms with Crippen molar-refractivity contribution in [2.75, 3.05) is 37.5 Å². The molecule has 0 spiro atoms. The summed E-state index contributed by atoms with van der Waals surface area (Å²) in [5.74, 6) is 1.11. The number of unbranched alkanes of at least 4 members (excludes halogenated alkanes) is 1. The Labute approximate surface area is 181 Å². The Balaban J connectivity index is 1.56. The van der Waals surface area contributed by atoms with Crippen LogP contribution in [0.25, 0.3) is 0 Å². The van der Waals surface area contributed by atoms with Gasteiger partial charge in [-0.15, -0.1) is 0 Å². The van der Waals surface area contributed by atoms with Gasteiger partial charge >= 0.3 is 12.0 Å². The lowest BCUT2D eigenvalue weighted by Gasteiger charge is -2.17. The molecule has 0 radical (unpaired) electrons. The predicted octanol–water partition coefficient (Wildman–Crippen LogP) is 2.31. The Morgan fingerprint density at radius 3 is 2.65 bits per heavy atom. The third kappa shape index (κ3) is 5.84. The number of rotatable bonds is 11. The number of fused-ring (bicyclic) bond motifs is 1. The van der Waals surface area contributed by atoms with Crippen LogP contribution >= 0.6 is 0 Å². The highest BCUT2D eigenvalue weighted by Crippen LogP contribution is 2.32. The van der Waals surface area contributed by atoms with Crippen LogP contribution in [0.1, 0.15) is 37.3 Å². The molecule has 9 nitrogen and oxygen atoms in total. The van der Waals surface area contributed by atoms with Crippen LogP contribution < -0.4 is 20.1 Å². The third-order valence-corrected chi connectivity index (χ3v) is 4.96. The molecule has 1 aromatic heterocycles. The van der Waals surface area contributed by atoms with E-state index in [1.54, 1.807) is 4.90 Å². The Hall–Kier alpha value is -3.36. The van der Waals surface area contributed by atoms with Gasteiger partial charge in [0, 0.05) is 12.0 Å². The molecule has 3 rings (SSSR count). The summed E-state index contributed by atoms with van der Waals surface area (Å²) in [6, 6.07) is 7.68. The van der Waals surface area contributed by atoms with Crippen LogP contribution in [0.5, 0.6) is 11.8 Å². The lowest BCUT2D eigenvalue weighted by molar-refractivity contribution is -0.140. The van der Waals surface area contributed by atoms with Gasteiger partial charge in [0.2, 0.25) is 5.91 Å². The minimum Gasteiger partial charge on any atom is -0.492 e. The van der Waals surface area contributed by atoms with Gasteiger partial charge in [-0.1, -0.05) is 25.5 Å². The summed E-state index contributed by atoms with van der Waals surface area (Å²) in [4.78, 5) is 33.8. The fraction of sp³-hybridized carbons (Fsp3) is 0.455. The molecule has 0 aliphatic carbocycles. The number of nitrogen functional groups attached to an aromatic ring is 1. The third-order valence-electron chi connectivity index (χ3n) is 4.96. The minimum absolute atomic E-state index is 0.0940. The molecule has 166 valence electrons. The number of nitrogens with zero attached hydrogens (tertiary/aromatic N) is 3. The van der Waals surface area contributed by atoms with Gasteiger partial charge in [-0.25, -0.2) is 0 Å².